The van der Waals surface area contributed by atoms with Gasteiger partial charge in [0.25, 0.3) is 0 Å². The normalized spacial score (nSPS) is 16.5. The summed E-state index contributed by atoms with van der Waals surface area (Å²) < 4.78 is 18.9. The molecule has 1 fully saturated rings. The molecule has 1 aliphatic carbocycles. The maximum absolute atomic E-state index is 13.8. The van der Waals surface area contributed by atoms with E-state index in [1.165, 1.54) is 12.8 Å². The zero-order valence-electron chi connectivity index (χ0n) is 11.9. The highest BCUT2D eigenvalue weighted by atomic mass is 19.1. The first-order valence-corrected chi connectivity index (χ1v) is 6.85. The van der Waals surface area contributed by atoms with Crippen LogP contribution in [0.2, 0.25) is 0 Å². The van der Waals surface area contributed by atoms with Gasteiger partial charge in [0, 0.05) is 31.4 Å². The standard InChI is InChI=1S/C15H23FN2O/c1-10-8-15(13(11(2)17)9-14(10)16)18(6-7-19-3)12-4-5-12/h8-9,11-12H,4-7,17H2,1-3H3/t11-/m0/s1. The molecule has 1 aliphatic rings. The molecule has 19 heavy (non-hydrogen) atoms. The van der Waals surface area contributed by atoms with Crippen LogP contribution in [0.15, 0.2) is 12.1 Å². The van der Waals surface area contributed by atoms with Crippen LogP contribution in [0.25, 0.3) is 0 Å². The minimum atomic E-state index is -0.182. The second-order valence-electron chi connectivity index (χ2n) is 5.37. The van der Waals surface area contributed by atoms with Crippen molar-refractivity contribution < 1.29 is 9.13 Å². The van der Waals surface area contributed by atoms with Gasteiger partial charge in [-0.25, -0.2) is 4.39 Å². The molecule has 0 heterocycles. The predicted octanol–water partition coefficient (Wildman–Crippen LogP) is 2.77. The van der Waals surface area contributed by atoms with E-state index in [0.29, 0.717) is 18.2 Å². The van der Waals surface area contributed by atoms with E-state index in [1.54, 1.807) is 20.1 Å². The number of nitrogens with two attached hydrogens (primary N) is 1. The lowest BCUT2D eigenvalue weighted by atomic mass is 10.0. The number of halogens is 1. The van der Waals surface area contributed by atoms with Crippen LogP contribution in [0, 0.1) is 12.7 Å². The molecule has 0 spiro atoms. The summed E-state index contributed by atoms with van der Waals surface area (Å²) in [7, 11) is 1.70. The monoisotopic (exact) mass is 266 g/mol. The van der Waals surface area contributed by atoms with Crippen molar-refractivity contribution in [1.82, 2.24) is 0 Å². The van der Waals surface area contributed by atoms with Crippen molar-refractivity contribution in [3.63, 3.8) is 0 Å². The summed E-state index contributed by atoms with van der Waals surface area (Å²) in [5.74, 6) is -0.182. The van der Waals surface area contributed by atoms with Gasteiger partial charge in [-0.15, -0.1) is 0 Å². The average molecular weight is 266 g/mol. The van der Waals surface area contributed by atoms with Crippen LogP contribution in [0.3, 0.4) is 0 Å². The van der Waals surface area contributed by atoms with E-state index in [4.69, 9.17) is 10.5 Å². The topological polar surface area (TPSA) is 38.5 Å². The molecule has 1 aromatic rings. The Hall–Kier alpha value is -1.13. The molecule has 0 bridgehead atoms. The fourth-order valence-electron chi connectivity index (χ4n) is 2.37. The third kappa shape index (κ3) is 3.25. The summed E-state index contributed by atoms with van der Waals surface area (Å²) in [6.07, 6.45) is 2.39. The van der Waals surface area contributed by atoms with Gasteiger partial charge < -0.3 is 15.4 Å². The van der Waals surface area contributed by atoms with Crippen molar-refractivity contribution >= 4 is 5.69 Å². The molecule has 0 unspecified atom stereocenters. The minimum absolute atomic E-state index is 0.172. The van der Waals surface area contributed by atoms with E-state index in [-0.39, 0.29) is 11.9 Å². The second kappa shape index (κ2) is 5.88. The molecule has 4 heteroatoms. The summed E-state index contributed by atoms with van der Waals surface area (Å²) in [5.41, 5.74) is 8.61. The first-order chi connectivity index (χ1) is 9.04. The number of benzene rings is 1. The highest BCUT2D eigenvalue weighted by molar-refractivity contribution is 5.58. The lowest BCUT2D eigenvalue weighted by Crippen LogP contribution is -2.31. The SMILES string of the molecule is COCCN(c1cc(C)c(F)cc1[C@H](C)N)C1CC1. The van der Waals surface area contributed by atoms with Gasteiger partial charge in [-0.05, 0) is 49.9 Å². The summed E-state index contributed by atoms with van der Waals surface area (Å²) in [6.45, 7) is 5.19. The van der Waals surface area contributed by atoms with Crippen LogP contribution < -0.4 is 10.6 Å². The van der Waals surface area contributed by atoms with E-state index in [0.717, 1.165) is 17.8 Å². The summed E-state index contributed by atoms with van der Waals surface area (Å²) in [5, 5.41) is 0. The molecule has 106 valence electrons. The summed E-state index contributed by atoms with van der Waals surface area (Å²) >= 11 is 0. The Morgan fingerprint density at radius 2 is 2.16 bits per heavy atom. The molecular weight excluding hydrogens is 243 g/mol. The van der Waals surface area contributed by atoms with Crippen molar-refractivity contribution in [2.24, 2.45) is 5.73 Å². The van der Waals surface area contributed by atoms with Crippen LogP contribution in [-0.2, 0) is 4.74 Å². The second-order valence-corrected chi connectivity index (χ2v) is 5.37. The van der Waals surface area contributed by atoms with E-state index < -0.39 is 0 Å². The van der Waals surface area contributed by atoms with E-state index in [2.05, 4.69) is 4.90 Å². The Morgan fingerprint density at radius 1 is 1.47 bits per heavy atom. The Labute approximate surface area is 114 Å². The highest BCUT2D eigenvalue weighted by Gasteiger charge is 2.31. The number of aryl methyl sites for hydroxylation is 1. The molecule has 1 saturated carbocycles. The van der Waals surface area contributed by atoms with Gasteiger partial charge in [0.1, 0.15) is 5.82 Å². The summed E-state index contributed by atoms with van der Waals surface area (Å²) in [6, 6.07) is 3.88. The lowest BCUT2D eigenvalue weighted by Gasteiger charge is -2.28. The smallest absolute Gasteiger partial charge is 0.126 e. The van der Waals surface area contributed by atoms with Crippen molar-refractivity contribution in [2.45, 2.75) is 38.8 Å². The number of rotatable bonds is 6. The first-order valence-electron chi connectivity index (χ1n) is 6.85. The molecule has 0 radical (unpaired) electrons. The number of hydrogen-bond donors (Lipinski definition) is 1. The van der Waals surface area contributed by atoms with Gasteiger partial charge in [0.2, 0.25) is 0 Å². The van der Waals surface area contributed by atoms with Gasteiger partial charge in [-0.3, -0.25) is 0 Å². The number of methoxy groups -OCH3 is 1. The molecule has 0 aromatic heterocycles. The van der Waals surface area contributed by atoms with Gasteiger partial charge in [0.05, 0.1) is 6.61 Å². The molecule has 0 saturated heterocycles. The molecule has 1 aromatic carbocycles. The zero-order chi connectivity index (χ0) is 14.0. The molecule has 1 atom stereocenters. The lowest BCUT2D eigenvalue weighted by molar-refractivity contribution is 0.205. The molecule has 0 aliphatic heterocycles. The van der Waals surface area contributed by atoms with Crippen LogP contribution in [0.4, 0.5) is 10.1 Å². The van der Waals surface area contributed by atoms with Crippen LogP contribution in [0.5, 0.6) is 0 Å². The van der Waals surface area contributed by atoms with E-state index in [9.17, 15) is 4.39 Å². The molecule has 3 nitrogen and oxygen atoms in total. The van der Waals surface area contributed by atoms with Gasteiger partial charge in [-0.2, -0.15) is 0 Å². The third-order valence-electron chi connectivity index (χ3n) is 3.63. The van der Waals surface area contributed by atoms with Crippen molar-refractivity contribution in [2.75, 3.05) is 25.2 Å². The number of ether oxygens (including phenoxy) is 1. The number of nitrogens with zero attached hydrogens (tertiary/aromatic N) is 1. The Morgan fingerprint density at radius 3 is 2.68 bits per heavy atom. The van der Waals surface area contributed by atoms with Crippen molar-refractivity contribution in [3.8, 4) is 0 Å². The zero-order valence-corrected chi connectivity index (χ0v) is 11.9. The Bertz CT molecular complexity index is 444. The fraction of sp³-hybridized carbons (Fsp3) is 0.600. The average Bonchev–Trinajstić information content (AvgIpc) is 3.17. The summed E-state index contributed by atoms with van der Waals surface area (Å²) in [4.78, 5) is 2.31. The highest BCUT2D eigenvalue weighted by Crippen LogP contribution is 2.36. The van der Waals surface area contributed by atoms with E-state index in [1.807, 2.05) is 13.0 Å². The maximum atomic E-state index is 13.8. The quantitative estimate of drug-likeness (QED) is 0.860. The number of hydrogen-bond acceptors (Lipinski definition) is 3. The van der Waals surface area contributed by atoms with E-state index >= 15 is 0 Å². The van der Waals surface area contributed by atoms with Crippen molar-refractivity contribution in [3.05, 3.63) is 29.1 Å². The van der Waals surface area contributed by atoms with Gasteiger partial charge in [-0.1, -0.05) is 0 Å². The Kier molecular flexibility index (Phi) is 4.42. The molecule has 2 rings (SSSR count). The fourth-order valence-corrected chi connectivity index (χ4v) is 2.37. The molecular formula is C15H23FN2O. The number of anilines is 1. The predicted molar refractivity (Wildman–Crippen MR) is 76.0 cm³/mol. The molecule has 2 N–H and O–H groups in total. The van der Waals surface area contributed by atoms with Gasteiger partial charge >= 0.3 is 0 Å². The van der Waals surface area contributed by atoms with Crippen LogP contribution >= 0.6 is 0 Å². The van der Waals surface area contributed by atoms with Crippen LogP contribution in [0.1, 0.15) is 36.9 Å². The Balaban J connectivity index is 2.36. The van der Waals surface area contributed by atoms with Crippen molar-refractivity contribution in [1.29, 1.82) is 0 Å². The first kappa shape index (κ1) is 14.3. The minimum Gasteiger partial charge on any atom is -0.383 e. The maximum Gasteiger partial charge on any atom is 0.126 e. The van der Waals surface area contributed by atoms with Crippen LogP contribution in [-0.4, -0.2) is 26.3 Å². The van der Waals surface area contributed by atoms with Gasteiger partial charge in [0.15, 0.2) is 0 Å². The largest absolute Gasteiger partial charge is 0.383 e. The molecule has 0 amide bonds. The third-order valence-corrected chi connectivity index (χ3v) is 3.63.